The summed E-state index contributed by atoms with van der Waals surface area (Å²) in [6.07, 6.45) is -9.10. The van der Waals surface area contributed by atoms with Crippen molar-refractivity contribution >= 4 is 23.1 Å². The van der Waals surface area contributed by atoms with Crippen LogP contribution in [0.2, 0.25) is 0 Å². The Morgan fingerprint density at radius 1 is 1.14 bits per heavy atom. The Bertz CT molecular complexity index is 511. The third-order valence-electron chi connectivity index (χ3n) is 3.52. The monoisotopic (exact) mass is 322 g/mol. The van der Waals surface area contributed by atoms with Gasteiger partial charge in [0.25, 0.3) is 0 Å². The second-order valence-electron chi connectivity index (χ2n) is 4.98. The third-order valence-corrected chi connectivity index (χ3v) is 3.80. The summed E-state index contributed by atoms with van der Waals surface area (Å²) in [5.41, 5.74) is 5.78. The number of benzene rings is 1. The molecule has 2 rings (SSSR count). The average Bonchev–Trinajstić information content (AvgIpc) is 2.47. The summed E-state index contributed by atoms with van der Waals surface area (Å²) in [5.74, 6) is -1.56. The third kappa shape index (κ3) is 3.31. The lowest BCUT2D eigenvalue weighted by Crippen LogP contribution is -2.44. The minimum Gasteiger partial charge on any atom is -0.386 e. The Balaban J connectivity index is 2.44. The maximum Gasteiger partial charge on any atom is 0.141 e. The van der Waals surface area contributed by atoms with E-state index in [2.05, 4.69) is 4.99 Å². The molecule has 0 saturated heterocycles. The highest BCUT2D eigenvalue weighted by atomic mass is 35.5. The molecular formula is C14H15ClF4N2. The second-order valence-corrected chi connectivity index (χ2v) is 5.25. The molecule has 7 heteroatoms. The Morgan fingerprint density at radius 3 is 2.29 bits per heavy atom. The topological polar surface area (TPSA) is 38.4 Å². The molecule has 1 fully saturated rings. The molecule has 0 bridgehead atoms. The molecule has 2 nitrogen and oxygen atoms in total. The molecule has 0 amide bonds. The van der Waals surface area contributed by atoms with Gasteiger partial charge in [0.15, 0.2) is 0 Å². The number of hydrogen-bond acceptors (Lipinski definition) is 1. The number of amidine groups is 1. The van der Waals surface area contributed by atoms with Crippen molar-refractivity contribution in [2.45, 2.75) is 37.0 Å². The minimum atomic E-state index is -2.12. The van der Waals surface area contributed by atoms with E-state index in [1.807, 2.05) is 0 Å². The van der Waals surface area contributed by atoms with Crippen LogP contribution in [0.5, 0.6) is 0 Å². The maximum absolute atomic E-state index is 14.1. The molecule has 0 heterocycles. The van der Waals surface area contributed by atoms with Gasteiger partial charge < -0.3 is 5.73 Å². The fourth-order valence-electron chi connectivity index (χ4n) is 2.50. The lowest BCUT2D eigenvalue weighted by atomic mass is 9.78. The van der Waals surface area contributed by atoms with Gasteiger partial charge in [0.05, 0.1) is 17.5 Å². The summed E-state index contributed by atoms with van der Waals surface area (Å²) < 4.78 is 55.2. The van der Waals surface area contributed by atoms with E-state index < -0.39 is 37.0 Å². The number of hydrogen-bond donors (Lipinski definition) is 1. The number of nitrogens with two attached hydrogens (primary N) is 1. The van der Waals surface area contributed by atoms with Crippen LogP contribution in [0.15, 0.2) is 29.3 Å². The van der Waals surface area contributed by atoms with Crippen molar-refractivity contribution in [3.63, 3.8) is 0 Å². The lowest BCUT2D eigenvalue weighted by Gasteiger charge is -2.34. The fraction of sp³-hybridized carbons (Fsp3) is 0.500. The summed E-state index contributed by atoms with van der Waals surface area (Å²) in [4.78, 5) is 3.96. The van der Waals surface area contributed by atoms with Crippen molar-refractivity contribution in [1.82, 2.24) is 0 Å². The summed E-state index contributed by atoms with van der Waals surface area (Å²) in [6, 6.07) is 5.99. The first-order valence-corrected chi connectivity index (χ1v) is 7.03. The molecule has 1 aliphatic carbocycles. The Morgan fingerprint density at radius 2 is 1.71 bits per heavy atom. The van der Waals surface area contributed by atoms with Crippen LogP contribution in [0.3, 0.4) is 0 Å². The number of halogens is 5. The van der Waals surface area contributed by atoms with Crippen LogP contribution in [-0.4, -0.2) is 36.4 Å². The molecule has 0 spiro atoms. The Hall–Kier alpha value is -1.30. The zero-order valence-corrected chi connectivity index (χ0v) is 11.8. The van der Waals surface area contributed by atoms with Crippen LogP contribution in [0, 0.1) is 0 Å². The van der Waals surface area contributed by atoms with E-state index in [9.17, 15) is 17.6 Å². The molecule has 4 atom stereocenters. The highest BCUT2D eigenvalue weighted by Crippen LogP contribution is 2.43. The van der Waals surface area contributed by atoms with E-state index in [0.29, 0.717) is 0 Å². The molecule has 1 saturated carbocycles. The molecule has 1 aromatic carbocycles. The van der Waals surface area contributed by atoms with Crippen molar-refractivity contribution in [3.8, 4) is 0 Å². The molecule has 1 aromatic rings. The summed E-state index contributed by atoms with van der Waals surface area (Å²) in [6.45, 7) is 0. The molecule has 0 aromatic heterocycles. The van der Waals surface area contributed by atoms with Crippen LogP contribution in [0.1, 0.15) is 17.9 Å². The van der Waals surface area contributed by atoms with E-state index >= 15 is 0 Å². The molecule has 4 unspecified atom stereocenters. The van der Waals surface area contributed by atoms with E-state index in [1.165, 1.54) is 18.2 Å². The number of rotatable bonds is 3. The van der Waals surface area contributed by atoms with Gasteiger partial charge in [-0.3, -0.25) is 0 Å². The van der Waals surface area contributed by atoms with Crippen molar-refractivity contribution in [3.05, 3.63) is 29.8 Å². The first kappa shape index (κ1) is 16.1. The lowest BCUT2D eigenvalue weighted by molar-refractivity contribution is -0.00553. The quantitative estimate of drug-likeness (QED) is 0.391. The van der Waals surface area contributed by atoms with Gasteiger partial charge in [-0.05, 0) is 11.6 Å². The van der Waals surface area contributed by atoms with Crippen molar-refractivity contribution < 1.29 is 17.6 Å². The number of alkyl halides is 5. The molecule has 0 aliphatic heterocycles. The summed E-state index contributed by atoms with van der Waals surface area (Å²) in [7, 11) is 0. The van der Waals surface area contributed by atoms with E-state index in [4.69, 9.17) is 17.3 Å². The van der Waals surface area contributed by atoms with Gasteiger partial charge in [-0.15, -0.1) is 11.6 Å². The number of aliphatic imine (C=N–C) groups is 1. The molecule has 116 valence electrons. The van der Waals surface area contributed by atoms with Gasteiger partial charge >= 0.3 is 0 Å². The fourth-order valence-corrected chi connectivity index (χ4v) is 2.56. The zero-order valence-electron chi connectivity index (χ0n) is 11.0. The molecule has 21 heavy (non-hydrogen) atoms. The highest BCUT2D eigenvalue weighted by molar-refractivity contribution is 6.28. The minimum absolute atomic E-state index is 0.0549. The predicted molar refractivity (Wildman–Crippen MR) is 75.4 cm³/mol. The second kappa shape index (κ2) is 6.64. The normalized spacial score (nSPS) is 34.0. The predicted octanol–water partition coefficient (Wildman–Crippen LogP) is 3.75. The highest BCUT2D eigenvalue weighted by Gasteiger charge is 2.47. The maximum atomic E-state index is 14.1. The SMILES string of the molecule is NC(CCl)=Nc1ccccc1C1C(F)C(F)CC(F)C1F. The average molecular weight is 323 g/mol. The summed E-state index contributed by atoms with van der Waals surface area (Å²) in [5, 5.41) is 0. The van der Waals surface area contributed by atoms with Crippen LogP contribution in [0.25, 0.3) is 0 Å². The van der Waals surface area contributed by atoms with Gasteiger partial charge in [-0.25, -0.2) is 22.6 Å². The first-order chi connectivity index (χ1) is 9.95. The number of para-hydroxylation sites is 1. The molecule has 2 N–H and O–H groups in total. The Labute approximate surface area is 125 Å². The first-order valence-electron chi connectivity index (χ1n) is 6.50. The smallest absolute Gasteiger partial charge is 0.141 e. The molecule has 0 radical (unpaired) electrons. The van der Waals surface area contributed by atoms with Gasteiger partial charge in [0, 0.05) is 6.42 Å². The van der Waals surface area contributed by atoms with E-state index in [1.54, 1.807) is 6.07 Å². The van der Waals surface area contributed by atoms with Gasteiger partial charge in [-0.1, -0.05) is 18.2 Å². The van der Waals surface area contributed by atoms with Crippen LogP contribution in [0.4, 0.5) is 23.2 Å². The largest absolute Gasteiger partial charge is 0.386 e. The summed E-state index contributed by atoms with van der Waals surface area (Å²) >= 11 is 5.52. The van der Waals surface area contributed by atoms with Crippen molar-refractivity contribution in [2.75, 3.05) is 5.88 Å². The van der Waals surface area contributed by atoms with Crippen LogP contribution < -0.4 is 5.73 Å². The Kier molecular flexibility index (Phi) is 5.08. The zero-order chi connectivity index (χ0) is 15.6. The van der Waals surface area contributed by atoms with Gasteiger partial charge in [0.2, 0.25) is 0 Å². The van der Waals surface area contributed by atoms with Gasteiger partial charge in [-0.2, -0.15) is 0 Å². The van der Waals surface area contributed by atoms with Crippen LogP contribution in [-0.2, 0) is 0 Å². The molecule has 1 aliphatic rings. The molecular weight excluding hydrogens is 308 g/mol. The van der Waals surface area contributed by atoms with Crippen molar-refractivity contribution in [1.29, 1.82) is 0 Å². The van der Waals surface area contributed by atoms with Crippen molar-refractivity contribution in [2.24, 2.45) is 10.7 Å². The van der Waals surface area contributed by atoms with E-state index in [0.717, 1.165) is 0 Å². The number of nitrogens with zero attached hydrogens (tertiary/aromatic N) is 1. The van der Waals surface area contributed by atoms with E-state index in [-0.39, 0.29) is 23.0 Å². The van der Waals surface area contributed by atoms with Crippen LogP contribution >= 0.6 is 11.6 Å². The standard InChI is InChI=1S/C14H15ClF4N2/c15-6-11(20)21-10-4-2-1-3-7(10)12-13(18)8(16)5-9(17)14(12)19/h1-4,8-9,12-14H,5-6H2,(H2,20,21). The van der Waals surface area contributed by atoms with Gasteiger partial charge in [0.1, 0.15) is 30.5 Å².